The minimum Gasteiger partial charge on any atom is -0.342 e. The van der Waals surface area contributed by atoms with Crippen LogP contribution >= 0.6 is 0 Å². The predicted octanol–water partition coefficient (Wildman–Crippen LogP) is 3.51. The highest BCUT2D eigenvalue weighted by atomic mass is 16.2. The van der Waals surface area contributed by atoms with Crippen LogP contribution in [0.5, 0.6) is 0 Å². The fourth-order valence-electron chi connectivity index (χ4n) is 3.54. The molecule has 3 heterocycles. The van der Waals surface area contributed by atoms with Crippen molar-refractivity contribution in [3.8, 4) is 11.3 Å². The Balaban J connectivity index is 1.57. The highest BCUT2D eigenvalue weighted by Gasteiger charge is 2.21. The summed E-state index contributed by atoms with van der Waals surface area (Å²) in [4.78, 5) is 19.3. The molecule has 1 aliphatic rings. The number of aromatic nitrogens is 3. The van der Waals surface area contributed by atoms with Gasteiger partial charge in [0.25, 0.3) is 0 Å². The third-order valence-electron chi connectivity index (χ3n) is 5.19. The smallest absolute Gasteiger partial charge is 0.228 e. The number of hydrogen-bond acceptors (Lipinski definition) is 3. The van der Waals surface area contributed by atoms with Gasteiger partial charge in [0.05, 0.1) is 17.8 Å². The number of hydrogen-bond donors (Lipinski definition) is 0. The monoisotopic (exact) mass is 348 g/mol. The maximum atomic E-state index is 12.6. The van der Waals surface area contributed by atoms with Crippen LogP contribution in [0.4, 0.5) is 0 Å². The zero-order chi connectivity index (χ0) is 18.1. The zero-order valence-electron chi connectivity index (χ0n) is 15.4. The van der Waals surface area contributed by atoms with Crippen LogP contribution in [-0.4, -0.2) is 38.5 Å². The molecule has 2 aromatic heterocycles. The van der Waals surface area contributed by atoms with Crippen LogP contribution in [0.15, 0.2) is 42.5 Å². The van der Waals surface area contributed by atoms with E-state index in [0.29, 0.717) is 6.42 Å². The molecular formula is C21H24N4O. The number of aryl methyl sites for hydroxylation is 1. The quantitative estimate of drug-likeness (QED) is 0.728. The minimum absolute atomic E-state index is 0.168. The van der Waals surface area contributed by atoms with E-state index in [1.807, 2.05) is 46.7 Å². The zero-order valence-corrected chi connectivity index (χ0v) is 15.4. The van der Waals surface area contributed by atoms with Crippen molar-refractivity contribution < 1.29 is 4.79 Å². The molecule has 4 rings (SSSR count). The van der Waals surface area contributed by atoms with Gasteiger partial charge in [-0.1, -0.05) is 37.3 Å². The molecule has 0 unspecified atom stereocenters. The Morgan fingerprint density at radius 2 is 1.88 bits per heavy atom. The molecular weight excluding hydrogens is 324 g/mol. The van der Waals surface area contributed by atoms with Crippen LogP contribution < -0.4 is 0 Å². The Labute approximate surface area is 153 Å². The van der Waals surface area contributed by atoms with Gasteiger partial charge >= 0.3 is 0 Å². The average molecular weight is 348 g/mol. The lowest BCUT2D eigenvalue weighted by molar-refractivity contribution is -0.131. The summed E-state index contributed by atoms with van der Waals surface area (Å²) in [5.74, 6) is 0.888. The van der Waals surface area contributed by atoms with Gasteiger partial charge in [-0.25, -0.2) is 9.50 Å². The number of carbonyl (C=O) groups is 1. The number of nitrogens with zero attached hydrogens (tertiary/aromatic N) is 4. The summed E-state index contributed by atoms with van der Waals surface area (Å²) in [6.45, 7) is 6.00. The van der Waals surface area contributed by atoms with E-state index in [0.717, 1.165) is 60.1 Å². The molecule has 0 bridgehead atoms. The Kier molecular flexibility index (Phi) is 4.45. The summed E-state index contributed by atoms with van der Waals surface area (Å²) in [6.07, 6.45) is 2.54. The van der Waals surface area contributed by atoms with Crippen molar-refractivity contribution in [2.75, 3.05) is 13.1 Å². The Morgan fingerprint density at radius 3 is 2.62 bits per heavy atom. The van der Waals surface area contributed by atoms with Crippen molar-refractivity contribution in [1.82, 2.24) is 19.5 Å². The number of rotatable bonds is 3. The molecule has 134 valence electrons. The van der Waals surface area contributed by atoms with Crippen LogP contribution in [0.3, 0.4) is 0 Å². The van der Waals surface area contributed by atoms with Crippen molar-refractivity contribution in [2.24, 2.45) is 5.92 Å². The van der Waals surface area contributed by atoms with Crippen molar-refractivity contribution in [2.45, 2.75) is 33.1 Å². The number of carbonyl (C=O) groups excluding carboxylic acids is 1. The summed E-state index contributed by atoms with van der Waals surface area (Å²) in [6, 6.07) is 14.1. The van der Waals surface area contributed by atoms with Crippen molar-refractivity contribution in [3.63, 3.8) is 0 Å². The largest absolute Gasteiger partial charge is 0.342 e. The molecule has 1 aromatic carbocycles. The van der Waals surface area contributed by atoms with Crippen LogP contribution in [0, 0.1) is 12.8 Å². The van der Waals surface area contributed by atoms with E-state index in [2.05, 4.69) is 24.2 Å². The number of piperidine rings is 1. The van der Waals surface area contributed by atoms with Crippen LogP contribution in [0.1, 0.15) is 31.2 Å². The molecule has 5 heteroatoms. The normalized spacial score (nSPS) is 15.5. The molecule has 1 fully saturated rings. The average Bonchev–Trinajstić information content (AvgIpc) is 3.06. The van der Waals surface area contributed by atoms with Gasteiger partial charge < -0.3 is 4.90 Å². The van der Waals surface area contributed by atoms with Crippen molar-refractivity contribution >= 4 is 11.6 Å². The SMILES string of the molecule is Cc1cc(-c2ccccc2)nc2cc(CC(=O)N3CCC(C)CC3)nn12. The van der Waals surface area contributed by atoms with Gasteiger partial charge in [0.1, 0.15) is 0 Å². The number of fused-ring (bicyclic) bond motifs is 1. The van der Waals surface area contributed by atoms with Gasteiger partial charge in [0.2, 0.25) is 5.91 Å². The molecule has 3 aromatic rings. The minimum atomic E-state index is 0.168. The summed E-state index contributed by atoms with van der Waals surface area (Å²) >= 11 is 0. The highest BCUT2D eigenvalue weighted by molar-refractivity contribution is 5.78. The van der Waals surface area contributed by atoms with E-state index in [4.69, 9.17) is 4.98 Å². The molecule has 0 spiro atoms. The first-order valence-electron chi connectivity index (χ1n) is 9.29. The molecule has 0 saturated carbocycles. The van der Waals surface area contributed by atoms with Crippen LogP contribution in [0.2, 0.25) is 0 Å². The van der Waals surface area contributed by atoms with E-state index in [-0.39, 0.29) is 5.91 Å². The fourth-order valence-corrected chi connectivity index (χ4v) is 3.54. The molecule has 0 radical (unpaired) electrons. The number of likely N-dealkylation sites (tertiary alicyclic amines) is 1. The van der Waals surface area contributed by atoms with E-state index in [1.54, 1.807) is 0 Å². The topological polar surface area (TPSA) is 50.5 Å². The molecule has 0 atom stereocenters. The summed E-state index contributed by atoms with van der Waals surface area (Å²) in [5, 5.41) is 4.60. The second kappa shape index (κ2) is 6.90. The maximum Gasteiger partial charge on any atom is 0.228 e. The van der Waals surface area contributed by atoms with Gasteiger partial charge in [-0.3, -0.25) is 4.79 Å². The fraction of sp³-hybridized carbons (Fsp3) is 0.381. The van der Waals surface area contributed by atoms with Gasteiger partial charge in [0, 0.05) is 30.4 Å². The Morgan fingerprint density at radius 1 is 1.15 bits per heavy atom. The predicted molar refractivity (Wildman–Crippen MR) is 102 cm³/mol. The van der Waals surface area contributed by atoms with E-state index < -0.39 is 0 Å². The molecule has 1 saturated heterocycles. The molecule has 26 heavy (non-hydrogen) atoms. The lowest BCUT2D eigenvalue weighted by Gasteiger charge is -2.30. The third-order valence-corrected chi connectivity index (χ3v) is 5.19. The van der Waals surface area contributed by atoms with Crippen molar-refractivity contribution in [3.05, 3.63) is 53.9 Å². The Hall–Kier alpha value is -2.69. The van der Waals surface area contributed by atoms with Crippen molar-refractivity contribution in [1.29, 1.82) is 0 Å². The standard InChI is InChI=1S/C21H24N4O/c1-15-8-10-24(11-9-15)21(26)14-18-13-20-22-19(12-16(2)25(20)23-18)17-6-4-3-5-7-17/h3-7,12-13,15H,8-11,14H2,1-2H3. The second-order valence-electron chi connectivity index (χ2n) is 7.29. The van der Waals surface area contributed by atoms with Crippen LogP contribution in [-0.2, 0) is 11.2 Å². The van der Waals surface area contributed by atoms with Crippen LogP contribution in [0.25, 0.3) is 16.9 Å². The number of benzene rings is 1. The number of amides is 1. The van der Waals surface area contributed by atoms with Gasteiger partial charge in [-0.2, -0.15) is 5.10 Å². The lowest BCUT2D eigenvalue weighted by atomic mass is 9.99. The lowest BCUT2D eigenvalue weighted by Crippen LogP contribution is -2.38. The molecule has 0 aliphatic carbocycles. The first kappa shape index (κ1) is 16.8. The summed E-state index contributed by atoms with van der Waals surface area (Å²) in [7, 11) is 0. The molecule has 1 aliphatic heterocycles. The first-order valence-corrected chi connectivity index (χ1v) is 9.29. The second-order valence-corrected chi connectivity index (χ2v) is 7.29. The molecule has 1 amide bonds. The third kappa shape index (κ3) is 3.34. The van der Waals surface area contributed by atoms with E-state index in [9.17, 15) is 4.79 Å². The summed E-state index contributed by atoms with van der Waals surface area (Å²) in [5.41, 5.74) is 4.60. The molecule has 5 nitrogen and oxygen atoms in total. The van der Waals surface area contributed by atoms with Gasteiger partial charge in [-0.15, -0.1) is 0 Å². The van der Waals surface area contributed by atoms with E-state index >= 15 is 0 Å². The maximum absolute atomic E-state index is 12.6. The van der Waals surface area contributed by atoms with E-state index in [1.165, 1.54) is 0 Å². The first-order chi connectivity index (χ1) is 12.6. The Bertz CT molecular complexity index is 924. The molecule has 0 N–H and O–H groups in total. The summed E-state index contributed by atoms with van der Waals surface area (Å²) < 4.78 is 1.83. The highest BCUT2D eigenvalue weighted by Crippen LogP contribution is 2.21. The van der Waals surface area contributed by atoms with Gasteiger partial charge in [-0.05, 0) is 31.7 Å². The van der Waals surface area contributed by atoms with Gasteiger partial charge in [0.15, 0.2) is 5.65 Å².